The highest BCUT2D eigenvalue weighted by Gasteiger charge is 2.09. The Labute approximate surface area is 135 Å². The second-order valence-electron chi connectivity index (χ2n) is 5.16. The van der Waals surface area contributed by atoms with Crippen molar-refractivity contribution in [3.8, 4) is 6.07 Å². The molecule has 2 rings (SSSR count). The van der Waals surface area contributed by atoms with Crippen LogP contribution < -0.4 is 10.2 Å². The van der Waals surface area contributed by atoms with E-state index >= 15 is 0 Å². The maximum Gasteiger partial charge on any atom is 0.262 e. The van der Waals surface area contributed by atoms with Gasteiger partial charge in [0, 0.05) is 26.0 Å². The molecule has 0 fully saturated rings. The fraction of sp³-hybridized carbons (Fsp3) is 0.167. The molecule has 0 aliphatic rings. The zero-order valence-corrected chi connectivity index (χ0v) is 13.2. The van der Waals surface area contributed by atoms with Crippen LogP contribution in [0.4, 0.5) is 5.69 Å². The van der Waals surface area contributed by atoms with Crippen molar-refractivity contribution in [1.82, 2.24) is 10.3 Å². The van der Waals surface area contributed by atoms with Gasteiger partial charge in [0.2, 0.25) is 0 Å². The fourth-order valence-electron chi connectivity index (χ4n) is 1.95. The number of hydrogen-bond acceptors (Lipinski definition) is 4. The van der Waals surface area contributed by atoms with Gasteiger partial charge in [-0.2, -0.15) is 5.26 Å². The van der Waals surface area contributed by atoms with Crippen molar-refractivity contribution < 1.29 is 4.79 Å². The number of carbonyl (C=O) groups is 1. The summed E-state index contributed by atoms with van der Waals surface area (Å²) in [6.07, 6.45) is 3.24. The first-order valence-electron chi connectivity index (χ1n) is 7.17. The van der Waals surface area contributed by atoms with Crippen LogP contribution in [0.15, 0.2) is 54.2 Å². The van der Waals surface area contributed by atoms with Crippen LogP contribution in [0.5, 0.6) is 0 Å². The van der Waals surface area contributed by atoms with Gasteiger partial charge in [-0.25, -0.2) is 0 Å². The average Bonchev–Trinajstić information content (AvgIpc) is 2.59. The van der Waals surface area contributed by atoms with Gasteiger partial charge in [-0.1, -0.05) is 18.2 Å². The zero-order chi connectivity index (χ0) is 16.7. The summed E-state index contributed by atoms with van der Waals surface area (Å²) < 4.78 is 0. The summed E-state index contributed by atoms with van der Waals surface area (Å²) in [5, 5.41) is 11.9. The third kappa shape index (κ3) is 4.68. The number of hydrogen-bond donors (Lipinski definition) is 1. The average molecular weight is 306 g/mol. The first-order valence-corrected chi connectivity index (χ1v) is 7.17. The molecule has 116 valence electrons. The molecule has 5 nitrogen and oxygen atoms in total. The van der Waals surface area contributed by atoms with E-state index in [4.69, 9.17) is 0 Å². The van der Waals surface area contributed by atoms with Gasteiger partial charge in [-0.05, 0) is 35.9 Å². The van der Waals surface area contributed by atoms with Gasteiger partial charge in [0.05, 0.1) is 12.2 Å². The number of nitrogens with one attached hydrogen (secondary N) is 1. The predicted molar refractivity (Wildman–Crippen MR) is 90.4 cm³/mol. The second-order valence-corrected chi connectivity index (χ2v) is 5.16. The van der Waals surface area contributed by atoms with Gasteiger partial charge in [-0.15, -0.1) is 0 Å². The Morgan fingerprint density at radius 1 is 1.26 bits per heavy atom. The van der Waals surface area contributed by atoms with E-state index in [1.807, 2.05) is 67.5 Å². The van der Waals surface area contributed by atoms with Crippen LogP contribution in [0.25, 0.3) is 6.08 Å². The highest BCUT2D eigenvalue weighted by atomic mass is 16.1. The maximum absolute atomic E-state index is 12.1. The number of benzene rings is 1. The van der Waals surface area contributed by atoms with Crippen molar-refractivity contribution in [3.05, 3.63) is 65.5 Å². The molecular formula is C18H18N4O. The van der Waals surface area contributed by atoms with E-state index < -0.39 is 5.91 Å². The lowest BCUT2D eigenvalue weighted by molar-refractivity contribution is -0.117. The van der Waals surface area contributed by atoms with E-state index in [1.165, 1.54) is 0 Å². The summed E-state index contributed by atoms with van der Waals surface area (Å²) in [5.74, 6) is -0.408. The van der Waals surface area contributed by atoms with Crippen molar-refractivity contribution in [2.45, 2.75) is 6.54 Å². The molecule has 0 unspecified atom stereocenters. The molecule has 1 amide bonds. The Balaban J connectivity index is 2.06. The third-order valence-corrected chi connectivity index (χ3v) is 3.24. The molecule has 1 aromatic heterocycles. The normalized spacial score (nSPS) is 10.7. The number of rotatable bonds is 5. The quantitative estimate of drug-likeness (QED) is 0.680. The molecule has 5 heteroatoms. The lowest BCUT2D eigenvalue weighted by atomic mass is 10.1. The van der Waals surface area contributed by atoms with Crippen LogP contribution in [0.2, 0.25) is 0 Å². The van der Waals surface area contributed by atoms with Gasteiger partial charge in [0.1, 0.15) is 11.6 Å². The molecule has 0 saturated heterocycles. The van der Waals surface area contributed by atoms with Crippen molar-refractivity contribution >= 4 is 17.7 Å². The summed E-state index contributed by atoms with van der Waals surface area (Å²) >= 11 is 0. The Bertz CT molecular complexity index is 728. The topological polar surface area (TPSA) is 69.0 Å². The van der Waals surface area contributed by atoms with E-state index in [0.29, 0.717) is 0 Å². The van der Waals surface area contributed by atoms with Crippen molar-refractivity contribution in [1.29, 1.82) is 5.26 Å². The van der Waals surface area contributed by atoms with Crippen molar-refractivity contribution in [2.24, 2.45) is 0 Å². The van der Waals surface area contributed by atoms with Gasteiger partial charge in [-0.3, -0.25) is 9.78 Å². The number of anilines is 1. The van der Waals surface area contributed by atoms with E-state index in [-0.39, 0.29) is 12.1 Å². The molecule has 0 spiro atoms. The minimum absolute atomic E-state index is 0.0681. The summed E-state index contributed by atoms with van der Waals surface area (Å²) in [6.45, 7) is 0.290. The van der Waals surface area contributed by atoms with Crippen LogP contribution in [-0.4, -0.2) is 25.0 Å². The molecular weight excluding hydrogens is 288 g/mol. The van der Waals surface area contributed by atoms with Crippen LogP contribution in [0.3, 0.4) is 0 Å². The maximum atomic E-state index is 12.1. The molecule has 0 atom stereocenters. The third-order valence-electron chi connectivity index (χ3n) is 3.24. The number of aromatic nitrogens is 1. The smallest absolute Gasteiger partial charge is 0.262 e. The molecule has 0 aliphatic heterocycles. The number of amides is 1. The van der Waals surface area contributed by atoms with E-state index in [9.17, 15) is 10.1 Å². The minimum atomic E-state index is -0.408. The minimum Gasteiger partial charge on any atom is -0.378 e. The molecule has 1 heterocycles. The predicted octanol–water partition coefficient (Wildman–Crippen LogP) is 2.37. The second kappa shape index (κ2) is 7.76. The zero-order valence-electron chi connectivity index (χ0n) is 13.2. The largest absolute Gasteiger partial charge is 0.378 e. The lowest BCUT2D eigenvalue weighted by Crippen LogP contribution is -2.24. The van der Waals surface area contributed by atoms with Gasteiger partial charge >= 0.3 is 0 Å². The molecule has 0 radical (unpaired) electrons. The molecule has 1 aromatic carbocycles. The molecule has 0 aliphatic carbocycles. The highest BCUT2D eigenvalue weighted by Crippen LogP contribution is 2.14. The van der Waals surface area contributed by atoms with Crippen molar-refractivity contribution in [3.63, 3.8) is 0 Å². The first-order chi connectivity index (χ1) is 11.1. The van der Waals surface area contributed by atoms with Crippen LogP contribution >= 0.6 is 0 Å². The number of pyridine rings is 1. The highest BCUT2D eigenvalue weighted by molar-refractivity contribution is 6.01. The molecule has 2 aromatic rings. The first kappa shape index (κ1) is 16.2. The van der Waals surface area contributed by atoms with Gasteiger partial charge in [0.25, 0.3) is 5.91 Å². The molecule has 0 bridgehead atoms. The van der Waals surface area contributed by atoms with Crippen molar-refractivity contribution in [2.75, 3.05) is 19.0 Å². The van der Waals surface area contributed by atoms with Crippen LogP contribution in [0, 0.1) is 11.3 Å². The Kier molecular flexibility index (Phi) is 5.48. The molecule has 23 heavy (non-hydrogen) atoms. The number of nitrogens with zero attached hydrogens (tertiary/aromatic N) is 3. The SMILES string of the molecule is CN(C)c1ccc(/C=C(\C#N)C(=O)NCc2ccccn2)cc1. The standard InChI is InChI=1S/C18H18N4O/c1-22(2)17-8-6-14(7-9-17)11-15(12-19)18(23)21-13-16-5-3-4-10-20-16/h3-11H,13H2,1-2H3,(H,21,23)/b15-11+. The van der Waals surface area contributed by atoms with E-state index in [2.05, 4.69) is 10.3 Å². The Hall–Kier alpha value is -3.13. The lowest BCUT2D eigenvalue weighted by Gasteiger charge is -2.11. The molecule has 0 saturated carbocycles. The summed E-state index contributed by atoms with van der Waals surface area (Å²) in [4.78, 5) is 18.2. The van der Waals surface area contributed by atoms with Crippen LogP contribution in [0.1, 0.15) is 11.3 Å². The van der Waals surface area contributed by atoms with E-state index in [1.54, 1.807) is 12.3 Å². The number of carbonyl (C=O) groups excluding carboxylic acids is 1. The van der Waals surface area contributed by atoms with E-state index in [0.717, 1.165) is 16.9 Å². The molecule has 1 N–H and O–H groups in total. The van der Waals surface area contributed by atoms with Gasteiger partial charge in [0.15, 0.2) is 0 Å². The van der Waals surface area contributed by atoms with Gasteiger partial charge < -0.3 is 10.2 Å². The summed E-state index contributed by atoms with van der Waals surface area (Å²) in [7, 11) is 3.91. The Morgan fingerprint density at radius 3 is 2.57 bits per heavy atom. The Morgan fingerprint density at radius 2 is 2.00 bits per heavy atom. The monoisotopic (exact) mass is 306 g/mol. The number of nitriles is 1. The fourth-order valence-corrected chi connectivity index (χ4v) is 1.95. The van der Waals surface area contributed by atoms with Crippen LogP contribution in [-0.2, 0) is 11.3 Å². The summed E-state index contributed by atoms with van der Waals surface area (Å²) in [6, 6.07) is 15.0. The summed E-state index contributed by atoms with van der Waals surface area (Å²) in [5.41, 5.74) is 2.67.